The van der Waals surface area contributed by atoms with Crippen LogP contribution in [0.4, 0.5) is 11.4 Å². The summed E-state index contributed by atoms with van der Waals surface area (Å²) in [5, 5.41) is 0. The molecule has 0 saturated heterocycles. The molecule has 2 N–H and O–H groups in total. The second kappa shape index (κ2) is 6.37. The van der Waals surface area contributed by atoms with E-state index in [1.54, 1.807) is 30.3 Å². The lowest BCUT2D eigenvalue weighted by Crippen LogP contribution is -2.27. The molecule has 0 spiro atoms. The van der Waals surface area contributed by atoms with E-state index < -0.39 is 10.0 Å². The number of nitrogens with zero attached hydrogens (tertiary/aromatic N) is 1. The summed E-state index contributed by atoms with van der Waals surface area (Å²) >= 11 is 0. The molecule has 3 rings (SSSR count). The van der Waals surface area contributed by atoms with Crippen molar-refractivity contribution in [1.82, 2.24) is 0 Å². The first-order chi connectivity index (χ1) is 11.5. The third-order valence-electron chi connectivity index (χ3n) is 3.90. The molecule has 24 heavy (non-hydrogen) atoms. The largest absolute Gasteiger partial charge is 0.398 e. The first kappa shape index (κ1) is 16.1. The molecule has 0 aliphatic rings. The summed E-state index contributed by atoms with van der Waals surface area (Å²) in [4.78, 5) is 0.111. The molecule has 4 nitrogen and oxygen atoms in total. The number of hydrogen-bond acceptors (Lipinski definition) is 3. The highest BCUT2D eigenvalue weighted by Crippen LogP contribution is 2.28. The number of benzene rings is 3. The Morgan fingerprint density at radius 3 is 1.92 bits per heavy atom. The van der Waals surface area contributed by atoms with Crippen molar-refractivity contribution in [2.75, 3.05) is 17.1 Å². The van der Waals surface area contributed by atoms with Crippen LogP contribution in [0, 0.1) is 0 Å². The van der Waals surface area contributed by atoms with Crippen LogP contribution >= 0.6 is 0 Å². The van der Waals surface area contributed by atoms with E-state index in [1.165, 1.54) is 17.4 Å². The van der Waals surface area contributed by atoms with Gasteiger partial charge in [-0.1, -0.05) is 54.6 Å². The van der Waals surface area contributed by atoms with Crippen molar-refractivity contribution in [2.24, 2.45) is 0 Å². The molecular weight excluding hydrogens is 320 g/mol. The van der Waals surface area contributed by atoms with E-state index in [4.69, 9.17) is 5.73 Å². The van der Waals surface area contributed by atoms with Crippen molar-refractivity contribution < 1.29 is 8.42 Å². The van der Waals surface area contributed by atoms with E-state index >= 15 is 0 Å². The van der Waals surface area contributed by atoms with Gasteiger partial charge >= 0.3 is 0 Å². The minimum absolute atomic E-state index is 0.111. The van der Waals surface area contributed by atoms with Gasteiger partial charge in [0.1, 0.15) is 4.90 Å². The maximum absolute atomic E-state index is 12.8. The lowest BCUT2D eigenvalue weighted by Gasteiger charge is -2.20. The fraction of sp³-hybridized carbons (Fsp3) is 0.0526. The van der Waals surface area contributed by atoms with Gasteiger partial charge in [0, 0.05) is 7.05 Å². The summed E-state index contributed by atoms with van der Waals surface area (Å²) in [6, 6.07) is 23.8. The van der Waals surface area contributed by atoms with Gasteiger partial charge in [-0.25, -0.2) is 8.42 Å². The number of para-hydroxylation sites is 1. The molecule has 0 heterocycles. The Hall–Kier alpha value is -2.79. The average Bonchev–Trinajstić information content (AvgIpc) is 2.62. The van der Waals surface area contributed by atoms with E-state index in [0.717, 1.165) is 11.1 Å². The number of rotatable bonds is 4. The highest BCUT2D eigenvalue weighted by molar-refractivity contribution is 7.93. The highest BCUT2D eigenvalue weighted by Gasteiger charge is 2.23. The van der Waals surface area contributed by atoms with Crippen LogP contribution in [-0.2, 0) is 10.0 Å². The molecule has 0 radical (unpaired) electrons. The molecule has 3 aromatic carbocycles. The number of nitrogen functional groups attached to an aromatic ring is 1. The molecular formula is C19H18N2O2S. The van der Waals surface area contributed by atoms with Crippen LogP contribution in [0.1, 0.15) is 0 Å². The Kier molecular flexibility index (Phi) is 4.27. The minimum atomic E-state index is -3.69. The molecule has 0 fully saturated rings. The van der Waals surface area contributed by atoms with Crippen LogP contribution in [0.2, 0.25) is 0 Å². The van der Waals surface area contributed by atoms with Crippen molar-refractivity contribution in [2.45, 2.75) is 4.90 Å². The lowest BCUT2D eigenvalue weighted by atomic mass is 10.1. The molecule has 0 aromatic heterocycles. The van der Waals surface area contributed by atoms with E-state index in [2.05, 4.69) is 0 Å². The smallest absolute Gasteiger partial charge is 0.266 e. The van der Waals surface area contributed by atoms with Crippen molar-refractivity contribution in [3.63, 3.8) is 0 Å². The predicted octanol–water partition coefficient (Wildman–Crippen LogP) is 3.76. The van der Waals surface area contributed by atoms with Gasteiger partial charge in [0.05, 0.1) is 11.4 Å². The molecule has 122 valence electrons. The van der Waals surface area contributed by atoms with E-state index in [1.807, 2.05) is 42.5 Å². The number of hydrogen-bond donors (Lipinski definition) is 1. The van der Waals surface area contributed by atoms with E-state index in [-0.39, 0.29) is 10.6 Å². The Bertz CT molecular complexity index is 937. The summed E-state index contributed by atoms with van der Waals surface area (Å²) in [7, 11) is -2.16. The first-order valence-corrected chi connectivity index (χ1v) is 8.93. The molecule has 0 bridgehead atoms. The molecule has 0 aliphatic heterocycles. The van der Waals surface area contributed by atoms with Crippen molar-refractivity contribution in [1.29, 1.82) is 0 Å². The van der Waals surface area contributed by atoms with Crippen LogP contribution < -0.4 is 10.0 Å². The van der Waals surface area contributed by atoms with E-state index in [0.29, 0.717) is 5.69 Å². The van der Waals surface area contributed by atoms with Gasteiger partial charge in [-0.2, -0.15) is 0 Å². The fourth-order valence-corrected chi connectivity index (χ4v) is 3.81. The molecule has 0 amide bonds. The predicted molar refractivity (Wildman–Crippen MR) is 98.3 cm³/mol. The standard InChI is InChI=1S/C19H18N2O2S/c1-21(24(22,23)19-10-6-5-9-18(19)20)17-13-11-16(12-14-17)15-7-3-2-4-8-15/h2-14H,20H2,1H3. The third kappa shape index (κ3) is 2.98. The first-order valence-electron chi connectivity index (χ1n) is 7.49. The highest BCUT2D eigenvalue weighted by atomic mass is 32.2. The van der Waals surface area contributed by atoms with Crippen LogP contribution in [0.3, 0.4) is 0 Å². The topological polar surface area (TPSA) is 63.4 Å². The average molecular weight is 338 g/mol. The zero-order chi connectivity index (χ0) is 17.2. The second-order valence-corrected chi connectivity index (χ2v) is 7.36. The van der Waals surface area contributed by atoms with Gasteiger partial charge in [-0.3, -0.25) is 4.31 Å². The fourth-order valence-electron chi connectivity index (χ4n) is 2.50. The maximum atomic E-state index is 12.8. The Morgan fingerprint density at radius 1 is 0.750 bits per heavy atom. The third-order valence-corrected chi connectivity index (χ3v) is 5.75. The number of nitrogens with two attached hydrogens (primary N) is 1. The second-order valence-electron chi connectivity index (χ2n) is 5.42. The van der Waals surface area contributed by atoms with Gasteiger partial charge in [0.2, 0.25) is 0 Å². The molecule has 0 saturated carbocycles. The van der Waals surface area contributed by atoms with Crippen molar-refractivity contribution >= 4 is 21.4 Å². The summed E-state index contributed by atoms with van der Waals surface area (Å²) in [5.74, 6) is 0. The molecule has 5 heteroatoms. The molecule has 0 unspecified atom stereocenters. The zero-order valence-corrected chi connectivity index (χ0v) is 14.1. The van der Waals surface area contributed by atoms with Crippen LogP contribution in [-0.4, -0.2) is 15.5 Å². The van der Waals surface area contributed by atoms with Gasteiger partial charge in [0.25, 0.3) is 10.0 Å². The van der Waals surface area contributed by atoms with Gasteiger partial charge in [-0.15, -0.1) is 0 Å². The molecule has 3 aromatic rings. The summed E-state index contributed by atoms with van der Waals surface area (Å²) in [5.41, 5.74) is 8.76. The van der Waals surface area contributed by atoms with E-state index in [9.17, 15) is 8.42 Å². The number of anilines is 2. The SMILES string of the molecule is CN(c1ccc(-c2ccccc2)cc1)S(=O)(=O)c1ccccc1N. The van der Waals surface area contributed by atoms with Gasteiger partial charge in [0.15, 0.2) is 0 Å². The van der Waals surface area contributed by atoms with Crippen LogP contribution in [0.15, 0.2) is 83.8 Å². The lowest BCUT2D eigenvalue weighted by molar-refractivity contribution is 0.595. The normalized spacial score (nSPS) is 11.2. The maximum Gasteiger partial charge on any atom is 0.266 e. The molecule has 0 atom stereocenters. The van der Waals surface area contributed by atoms with Crippen molar-refractivity contribution in [3.8, 4) is 11.1 Å². The van der Waals surface area contributed by atoms with Crippen LogP contribution in [0.5, 0.6) is 0 Å². The van der Waals surface area contributed by atoms with Gasteiger partial charge in [-0.05, 0) is 35.4 Å². The van der Waals surface area contributed by atoms with Gasteiger partial charge < -0.3 is 5.73 Å². The van der Waals surface area contributed by atoms with Crippen molar-refractivity contribution in [3.05, 3.63) is 78.9 Å². The number of sulfonamides is 1. The molecule has 0 aliphatic carbocycles. The monoisotopic (exact) mass is 338 g/mol. The Morgan fingerprint density at radius 2 is 1.29 bits per heavy atom. The Balaban J connectivity index is 1.93. The summed E-state index contributed by atoms with van der Waals surface area (Å²) < 4.78 is 26.8. The zero-order valence-electron chi connectivity index (χ0n) is 13.3. The minimum Gasteiger partial charge on any atom is -0.398 e. The van der Waals surface area contributed by atoms with Crippen LogP contribution in [0.25, 0.3) is 11.1 Å². The Labute approximate surface area is 142 Å². The summed E-state index contributed by atoms with van der Waals surface area (Å²) in [6.07, 6.45) is 0. The quantitative estimate of drug-likeness (QED) is 0.737. The summed E-state index contributed by atoms with van der Waals surface area (Å²) in [6.45, 7) is 0.